The summed E-state index contributed by atoms with van der Waals surface area (Å²) < 4.78 is 29.0. The van der Waals surface area contributed by atoms with Crippen LogP contribution in [0.1, 0.15) is 39.2 Å². The Bertz CT molecular complexity index is 867. The van der Waals surface area contributed by atoms with E-state index in [9.17, 15) is 18.7 Å². The molecule has 1 amide bonds. The van der Waals surface area contributed by atoms with Crippen molar-refractivity contribution in [3.05, 3.63) is 41.6 Å². The van der Waals surface area contributed by atoms with Gasteiger partial charge in [-0.1, -0.05) is 0 Å². The number of aromatic nitrogens is 1. The molecular weight excluding hydrogens is 364 g/mol. The zero-order valence-electron chi connectivity index (χ0n) is 16.6. The van der Waals surface area contributed by atoms with Crippen molar-refractivity contribution in [3.63, 3.8) is 0 Å². The van der Waals surface area contributed by atoms with E-state index >= 15 is 0 Å². The summed E-state index contributed by atoms with van der Waals surface area (Å²) in [5, 5.41) is 13.8. The van der Waals surface area contributed by atoms with E-state index in [2.05, 4.69) is 31.1 Å². The molecule has 7 heteroatoms. The van der Waals surface area contributed by atoms with Gasteiger partial charge in [0.1, 0.15) is 17.7 Å². The zero-order valence-corrected chi connectivity index (χ0v) is 16.6. The van der Waals surface area contributed by atoms with Gasteiger partial charge in [-0.25, -0.2) is 8.78 Å². The number of nitrogens with one attached hydrogen (secondary N) is 1. The van der Waals surface area contributed by atoms with E-state index in [1.54, 1.807) is 6.07 Å². The third kappa shape index (κ3) is 4.09. The Balaban J connectivity index is 1.85. The first-order chi connectivity index (χ1) is 13.1. The minimum atomic E-state index is -1.24. The summed E-state index contributed by atoms with van der Waals surface area (Å²) in [5.41, 5.74) is 0.981. The minimum Gasteiger partial charge on any atom is -0.530 e. The number of amides is 1. The fraction of sp³-hybridized carbons (Fsp3) is 0.524. The average Bonchev–Trinajstić information content (AvgIpc) is 2.61. The number of benzene rings is 1. The highest BCUT2D eigenvalue weighted by Gasteiger charge is 2.43. The van der Waals surface area contributed by atoms with Gasteiger partial charge < -0.3 is 19.7 Å². The third-order valence-electron chi connectivity index (χ3n) is 6.24. The monoisotopic (exact) mass is 391 g/mol. The van der Waals surface area contributed by atoms with Crippen LogP contribution in [-0.2, 0) is 6.42 Å². The van der Waals surface area contributed by atoms with Crippen LogP contribution in [0.15, 0.2) is 24.4 Å². The molecule has 1 aliphatic heterocycles. The highest BCUT2D eigenvalue weighted by molar-refractivity contribution is 5.82. The van der Waals surface area contributed by atoms with E-state index in [0.717, 1.165) is 17.6 Å². The van der Waals surface area contributed by atoms with Gasteiger partial charge in [0.2, 0.25) is 0 Å². The molecule has 1 N–H and O–H groups in total. The minimum absolute atomic E-state index is 0.0863. The maximum Gasteiger partial charge on any atom is 0.145 e. The van der Waals surface area contributed by atoms with Crippen molar-refractivity contribution >= 4 is 17.0 Å². The molecule has 1 aromatic carbocycles. The zero-order chi connectivity index (χ0) is 20.5. The van der Waals surface area contributed by atoms with Gasteiger partial charge in [-0.05, 0) is 39.0 Å². The van der Waals surface area contributed by atoms with Gasteiger partial charge in [0.05, 0.1) is 36.9 Å². The maximum atomic E-state index is 14.6. The van der Waals surface area contributed by atoms with Crippen LogP contribution in [0.25, 0.3) is 10.9 Å². The number of nitrogens with zero attached hydrogens (tertiary/aromatic N) is 2. The molecule has 1 saturated heterocycles. The van der Waals surface area contributed by atoms with Crippen molar-refractivity contribution in [1.82, 2.24) is 10.3 Å². The molecule has 0 radical (unpaired) electrons. The summed E-state index contributed by atoms with van der Waals surface area (Å²) in [6.45, 7) is 8.72. The van der Waals surface area contributed by atoms with E-state index in [4.69, 9.17) is 0 Å². The number of carbonyl (C=O) groups excluding carboxylic acids is 1. The first-order valence-electron chi connectivity index (χ1n) is 9.68. The molecule has 5 nitrogen and oxygen atoms in total. The molecule has 2 heterocycles. The van der Waals surface area contributed by atoms with Crippen molar-refractivity contribution in [2.45, 2.75) is 51.6 Å². The third-order valence-corrected chi connectivity index (χ3v) is 6.24. The Morgan fingerprint density at radius 2 is 1.96 bits per heavy atom. The molecule has 0 atom stereocenters. The molecule has 1 aromatic heterocycles. The molecule has 0 bridgehead atoms. The normalized spacial score (nSPS) is 23.0. The molecule has 0 saturated carbocycles. The largest absolute Gasteiger partial charge is 0.530 e. The van der Waals surface area contributed by atoms with Crippen molar-refractivity contribution in [2.75, 3.05) is 19.6 Å². The smallest absolute Gasteiger partial charge is 0.145 e. The Morgan fingerprint density at radius 1 is 1.29 bits per heavy atom. The number of hydrogen-bond acceptors (Lipinski definition) is 3. The topological polar surface area (TPSA) is 65.0 Å². The van der Waals surface area contributed by atoms with E-state index in [1.165, 1.54) is 18.3 Å². The Morgan fingerprint density at radius 3 is 2.57 bits per heavy atom. The molecule has 0 spiro atoms. The quantitative estimate of drug-likeness (QED) is 0.815. The number of hydrogen-bond donors (Lipinski definition) is 1. The van der Waals surface area contributed by atoms with Gasteiger partial charge in [0.25, 0.3) is 0 Å². The number of carbonyl (C=O) groups is 1. The van der Waals surface area contributed by atoms with Gasteiger partial charge in [-0.15, -0.1) is 0 Å². The van der Waals surface area contributed by atoms with E-state index < -0.39 is 17.7 Å². The van der Waals surface area contributed by atoms with Gasteiger partial charge >= 0.3 is 0 Å². The van der Waals surface area contributed by atoms with Crippen molar-refractivity contribution < 1.29 is 23.2 Å². The standard InChI is InChI=1S/C21H27F2N3O2/c1-21(2,3)26(9-6-15(7-10-26)25-20(27)28)11-8-16-17-12-14(22)4-5-19(17)24-13-18(16)23/h4-5,12-13,15,25H,6-11H2,1-3H3. The molecule has 1 aliphatic rings. The van der Waals surface area contributed by atoms with E-state index in [1.807, 2.05) is 0 Å². The number of pyridine rings is 1. The Hall–Kier alpha value is -2.28. The lowest BCUT2D eigenvalue weighted by Crippen LogP contribution is -2.66. The molecule has 152 valence electrons. The average molecular weight is 391 g/mol. The lowest BCUT2D eigenvalue weighted by atomic mass is 9.91. The Kier molecular flexibility index (Phi) is 5.57. The summed E-state index contributed by atoms with van der Waals surface area (Å²) in [5.74, 6) is -0.825. The lowest BCUT2D eigenvalue weighted by Gasteiger charge is -2.52. The van der Waals surface area contributed by atoms with Gasteiger partial charge in [0.15, 0.2) is 0 Å². The van der Waals surface area contributed by atoms with Crippen LogP contribution in [0.3, 0.4) is 0 Å². The number of likely N-dealkylation sites (tertiary alicyclic amines) is 1. The van der Waals surface area contributed by atoms with Crippen LogP contribution in [0.5, 0.6) is 0 Å². The second-order valence-corrected chi connectivity index (χ2v) is 8.69. The van der Waals surface area contributed by atoms with Crippen LogP contribution < -0.4 is 10.4 Å². The van der Waals surface area contributed by atoms with Crippen molar-refractivity contribution in [2.24, 2.45) is 0 Å². The van der Waals surface area contributed by atoms with E-state index in [-0.39, 0.29) is 11.6 Å². The summed E-state index contributed by atoms with van der Waals surface area (Å²) in [7, 11) is 0. The van der Waals surface area contributed by atoms with Crippen LogP contribution in [0.4, 0.5) is 13.6 Å². The number of halogens is 2. The molecular formula is C21H27F2N3O2. The highest BCUT2D eigenvalue weighted by atomic mass is 19.1. The molecule has 0 aliphatic carbocycles. The van der Waals surface area contributed by atoms with Crippen LogP contribution in [-0.4, -0.2) is 46.8 Å². The highest BCUT2D eigenvalue weighted by Crippen LogP contribution is 2.32. The van der Waals surface area contributed by atoms with Gasteiger partial charge in [0, 0.05) is 36.3 Å². The van der Waals surface area contributed by atoms with Crippen molar-refractivity contribution in [1.29, 1.82) is 0 Å². The van der Waals surface area contributed by atoms with Crippen LogP contribution >= 0.6 is 0 Å². The predicted molar refractivity (Wildman–Crippen MR) is 102 cm³/mol. The van der Waals surface area contributed by atoms with Crippen LogP contribution in [0, 0.1) is 11.6 Å². The molecule has 28 heavy (non-hydrogen) atoms. The lowest BCUT2D eigenvalue weighted by molar-refractivity contribution is -0.974. The first-order valence-corrected chi connectivity index (χ1v) is 9.68. The molecule has 2 aromatic rings. The summed E-state index contributed by atoms with van der Waals surface area (Å²) >= 11 is 0. The number of quaternary nitrogens is 1. The first kappa shape index (κ1) is 20.5. The second-order valence-electron chi connectivity index (χ2n) is 8.69. The second kappa shape index (κ2) is 7.62. The number of carboxylic acid groups (broad SMARTS) is 1. The summed E-state index contributed by atoms with van der Waals surface area (Å²) in [6, 6.07) is 4.14. The number of fused-ring (bicyclic) bond motifs is 1. The fourth-order valence-electron chi connectivity index (χ4n) is 4.38. The summed E-state index contributed by atoms with van der Waals surface area (Å²) in [4.78, 5) is 14.9. The molecule has 3 rings (SSSR count). The fourth-order valence-corrected chi connectivity index (χ4v) is 4.38. The number of piperidine rings is 1. The maximum absolute atomic E-state index is 14.6. The van der Waals surface area contributed by atoms with E-state index in [0.29, 0.717) is 42.3 Å². The Labute approximate surface area is 164 Å². The molecule has 0 unspecified atom stereocenters. The SMILES string of the molecule is CC(C)(C)[N+]1(CCc2c(F)cnc3ccc(F)cc23)CCC(NC(=O)[O-])CC1. The summed E-state index contributed by atoms with van der Waals surface area (Å²) in [6.07, 6.45) is 1.84. The predicted octanol–water partition coefficient (Wildman–Crippen LogP) is 2.77. The molecule has 1 fully saturated rings. The van der Waals surface area contributed by atoms with Gasteiger partial charge in [-0.2, -0.15) is 0 Å². The number of rotatable bonds is 4. The van der Waals surface area contributed by atoms with Crippen molar-refractivity contribution in [3.8, 4) is 0 Å². The van der Waals surface area contributed by atoms with Crippen LogP contribution in [0.2, 0.25) is 0 Å². The van der Waals surface area contributed by atoms with Gasteiger partial charge in [-0.3, -0.25) is 4.98 Å².